The van der Waals surface area contributed by atoms with Crippen molar-refractivity contribution in [2.24, 2.45) is 0 Å². The number of ether oxygens (including phenoxy) is 2. The van der Waals surface area contributed by atoms with Gasteiger partial charge in [0.2, 0.25) is 0 Å². The van der Waals surface area contributed by atoms with E-state index in [-0.39, 0.29) is 13.2 Å². The quantitative estimate of drug-likeness (QED) is 0.208. The Morgan fingerprint density at radius 3 is 2.14 bits per heavy atom. The summed E-state index contributed by atoms with van der Waals surface area (Å²) in [6, 6.07) is 11.1. The largest absolute Gasteiger partial charge is 0.524 e. The highest BCUT2D eigenvalue weighted by atomic mass is 28.4. The Balaban J connectivity index is 1.99. The van der Waals surface area contributed by atoms with Gasteiger partial charge < -0.3 is 33.2 Å². The van der Waals surface area contributed by atoms with E-state index in [1.54, 1.807) is 18.2 Å². The lowest BCUT2D eigenvalue weighted by Gasteiger charge is -2.34. The standard InChI is InChI=1S/C25H35NO8Si/c1-5-23(35(32-6-2,33-7-3)34-8-4)26-25(29)31-18-17-30-22-15-13-19(14-16-24(27)28)20-11-9-10-12-21(20)22/h9-16,23H,5-8,17-18H2,1-4H3,(H,26,29)(H,27,28)/b16-14+. The van der Waals surface area contributed by atoms with E-state index < -0.39 is 26.5 Å². The number of nitrogens with one attached hydrogen (secondary N) is 1. The first-order valence-electron chi connectivity index (χ1n) is 11.8. The van der Waals surface area contributed by atoms with E-state index in [9.17, 15) is 9.59 Å². The molecule has 35 heavy (non-hydrogen) atoms. The molecular weight excluding hydrogens is 470 g/mol. The van der Waals surface area contributed by atoms with Gasteiger partial charge in [-0.3, -0.25) is 0 Å². The zero-order valence-electron chi connectivity index (χ0n) is 20.7. The topological polar surface area (TPSA) is 113 Å². The molecule has 0 spiro atoms. The van der Waals surface area contributed by atoms with Crippen LogP contribution < -0.4 is 10.1 Å². The Kier molecular flexibility index (Phi) is 11.7. The molecule has 0 saturated carbocycles. The van der Waals surface area contributed by atoms with Gasteiger partial charge in [-0.2, -0.15) is 0 Å². The minimum absolute atomic E-state index is 0.0315. The van der Waals surface area contributed by atoms with Crippen LogP contribution in [0.25, 0.3) is 16.8 Å². The normalized spacial score (nSPS) is 12.6. The molecule has 10 heteroatoms. The van der Waals surface area contributed by atoms with Crippen LogP contribution in [-0.2, 0) is 22.8 Å². The van der Waals surface area contributed by atoms with E-state index in [0.29, 0.717) is 32.0 Å². The summed E-state index contributed by atoms with van der Waals surface area (Å²) < 4.78 is 28.9. The van der Waals surface area contributed by atoms with Crippen LogP contribution in [0.5, 0.6) is 5.75 Å². The second kappa shape index (κ2) is 14.5. The van der Waals surface area contributed by atoms with Crippen molar-refractivity contribution in [2.75, 3.05) is 33.0 Å². The van der Waals surface area contributed by atoms with Gasteiger partial charge in [0.05, 0.1) is 0 Å². The Morgan fingerprint density at radius 2 is 1.57 bits per heavy atom. The Morgan fingerprint density at radius 1 is 0.943 bits per heavy atom. The molecule has 1 amide bonds. The first-order valence-corrected chi connectivity index (χ1v) is 13.6. The van der Waals surface area contributed by atoms with Gasteiger partial charge in [-0.1, -0.05) is 37.3 Å². The molecule has 2 rings (SSSR count). The molecule has 1 unspecified atom stereocenters. The second-order valence-corrected chi connectivity index (χ2v) is 10.1. The van der Waals surface area contributed by atoms with E-state index in [2.05, 4.69) is 5.32 Å². The van der Waals surface area contributed by atoms with Crippen LogP contribution in [0.2, 0.25) is 0 Å². The van der Waals surface area contributed by atoms with Gasteiger partial charge in [-0.15, -0.1) is 0 Å². The molecule has 0 aliphatic heterocycles. The SMILES string of the molecule is CCO[Si](OCC)(OCC)C(CC)NC(=O)OCCOc1ccc(/C=C/C(=O)O)c2ccccc12. The fourth-order valence-corrected chi connectivity index (χ4v) is 6.52. The number of rotatable bonds is 15. The van der Waals surface area contributed by atoms with Crippen molar-refractivity contribution in [1.82, 2.24) is 5.32 Å². The smallest absolute Gasteiger partial charge is 0.489 e. The van der Waals surface area contributed by atoms with E-state index in [0.717, 1.165) is 22.4 Å². The van der Waals surface area contributed by atoms with Crippen molar-refractivity contribution >= 4 is 37.7 Å². The summed E-state index contributed by atoms with van der Waals surface area (Å²) in [4.78, 5) is 23.3. The number of carboxylic acids is 1. The summed E-state index contributed by atoms with van der Waals surface area (Å²) in [6.45, 7) is 8.91. The maximum atomic E-state index is 12.5. The third-order valence-electron chi connectivity index (χ3n) is 5.06. The monoisotopic (exact) mass is 505 g/mol. The van der Waals surface area contributed by atoms with Crippen LogP contribution in [-0.4, -0.2) is 64.7 Å². The van der Waals surface area contributed by atoms with Crippen molar-refractivity contribution in [3.05, 3.63) is 48.0 Å². The van der Waals surface area contributed by atoms with Crippen molar-refractivity contribution in [3.8, 4) is 5.75 Å². The molecule has 0 radical (unpaired) electrons. The number of hydrogen-bond donors (Lipinski definition) is 2. The van der Waals surface area contributed by atoms with Gasteiger partial charge in [0.25, 0.3) is 0 Å². The lowest BCUT2D eigenvalue weighted by atomic mass is 10.0. The highest BCUT2D eigenvalue weighted by Gasteiger charge is 2.49. The summed E-state index contributed by atoms with van der Waals surface area (Å²) in [5.74, 6) is -0.405. The van der Waals surface area contributed by atoms with E-state index >= 15 is 0 Å². The van der Waals surface area contributed by atoms with Crippen LogP contribution in [0.15, 0.2) is 42.5 Å². The van der Waals surface area contributed by atoms with Gasteiger partial charge in [0.15, 0.2) is 0 Å². The summed E-state index contributed by atoms with van der Waals surface area (Å²) >= 11 is 0. The molecule has 0 aliphatic carbocycles. The Bertz CT molecular complexity index is 980. The number of carbonyl (C=O) groups excluding carboxylic acids is 1. The zero-order chi connectivity index (χ0) is 25.7. The summed E-state index contributed by atoms with van der Waals surface area (Å²) in [6.07, 6.45) is 2.60. The van der Waals surface area contributed by atoms with Gasteiger partial charge in [-0.05, 0) is 50.3 Å². The average Bonchev–Trinajstić information content (AvgIpc) is 2.84. The maximum absolute atomic E-state index is 12.5. The molecule has 9 nitrogen and oxygen atoms in total. The molecule has 0 bridgehead atoms. The molecule has 0 fully saturated rings. The maximum Gasteiger partial charge on any atom is 0.524 e. The first-order chi connectivity index (χ1) is 16.9. The molecule has 2 aromatic rings. The van der Waals surface area contributed by atoms with Crippen LogP contribution in [0, 0.1) is 0 Å². The predicted molar refractivity (Wildman–Crippen MR) is 135 cm³/mol. The summed E-state index contributed by atoms with van der Waals surface area (Å²) in [5, 5.41) is 13.4. The molecule has 0 aliphatic rings. The number of fused-ring (bicyclic) bond motifs is 1. The van der Waals surface area contributed by atoms with Crippen LogP contribution in [0.3, 0.4) is 0 Å². The van der Waals surface area contributed by atoms with Crippen molar-refractivity contribution < 1.29 is 37.4 Å². The average molecular weight is 506 g/mol. The number of carboxylic acid groups (broad SMARTS) is 1. The molecule has 2 N–H and O–H groups in total. The van der Waals surface area contributed by atoms with Gasteiger partial charge in [0.1, 0.15) is 24.6 Å². The molecule has 0 aromatic heterocycles. The van der Waals surface area contributed by atoms with Crippen molar-refractivity contribution in [1.29, 1.82) is 0 Å². The van der Waals surface area contributed by atoms with Gasteiger partial charge >= 0.3 is 20.9 Å². The first kappa shape index (κ1) is 28.3. The number of aliphatic carboxylic acids is 1. The number of alkyl carbamates (subject to hydrolysis) is 1. The van der Waals surface area contributed by atoms with Crippen molar-refractivity contribution in [3.63, 3.8) is 0 Å². The van der Waals surface area contributed by atoms with E-state index in [1.165, 1.54) is 0 Å². The van der Waals surface area contributed by atoms with Crippen LogP contribution in [0.4, 0.5) is 4.79 Å². The molecule has 1 atom stereocenters. The summed E-state index contributed by atoms with van der Waals surface area (Å²) in [5.41, 5.74) is 0.327. The fraction of sp³-hybridized carbons (Fsp3) is 0.440. The number of hydrogen-bond acceptors (Lipinski definition) is 7. The van der Waals surface area contributed by atoms with Gasteiger partial charge in [0, 0.05) is 31.3 Å². The highest BCUT2D eigenvalue weighted by molar-refractivity contribution is 6.62. The molecule has 192 valence electrons. The highest BCUT2D eigenvalue weighted by Crippen LogP contribution is 2.29. The number of amides is 1. The molecule has 0 heterocycles. The lowest BCUT2D eigenvalue weighted by Crippen LogP contribution is -2.63. The third kappa shape index (κ3) is 8.07. The van der Waals surface area contributed by atoms with E-state index in [4.69, 9.17) is 27.9 Å². The molecule has 0 saturated heterocycles. The second-order valence-electron chi connectivity index (χ2n) is 7.36. The molecular formula is C25H35NO8Si. The number of carbonyl (C=O) groups is 2. The Labute approximate surface area is 207 Å². The fourth-order valence-electron chi connectivity index (χ4n) is 3.67. The van der Waals surface area contributed by atoms with Crippen LogP contribution >= 0.6 is 0 Å². The van der Waals surface area contributed by atoms with Crippen LogP contribution in [0.1, 0.15) is 39.7 Å². The predicted octanol–water partition coefficient (Wildman–Crippen LogP) is 4.41. The Hall–Kier alpha value is -2.92. The van der Waals surface area contributed by atoms with Crippen molar-refractivity contribution in [2.45, 2.75) is 39.8 Å². The minimum atomic E-state index is -3.12. The van der Waals surface area contributed by atoms with Gasteiger partial charge in [-0.25, -0.2) is 9.59 Å². The zero-order valence-corrected chi connectivity index (χ0v) is 21.7. The molecule has 2 aromatic carbocycles. The number of benzene rings is 2. The minimum Gasteiger partial charge on any atom is -0.489 e. The van der Waals surface area contributed by atoms with E-state index in [1.807, 2.05) is 52.0 Å². The third-order valence-corrected chi connectivity index (χ3v) is 8.54. The lowest BCUT2D eigenvalue weighted by molar-refractivity contribution is -0.131. The summed E-state index contributed by atoms with van der Waals surface area (Å²) in [7, 11) is -3.12.